The average molecular weight is 542 g/mol. The van der Waals surface area contributed by atoms with E-state index in [0.717, 1.165) is 10.0 Å². The standard InChI is InChI=1S/C14H16BrN5O7S3/c15-9-3-1-2-8(4-9)7-19-14(21)20-10-5-11(28(16,22)23)13(30(18,26)27)12(6-10)29(17,24)25/h1-6H,7H2,(H2,16,22,23)(H2,17,24,25)(H2,18,26,27)(H2,19,20,21). The van der Waals surface area contributed by atoms with Gasteiger partial charge in [-0.05, 0) is 29.8 Å². The third-order valence-electron chi connectivity index (χ3n) is 3.52. The Bertz CT molecular complexity index is 1270. The fourth-order valence-corrected chi connectivity index (χ4v) is 6.26. The van der Waals surface area contributed by atoms with Crippen LogP contribution >= 0.6 is 15.9 Å². The Morgan fingerprint density at radius 3 is 1.83 bits per heavy atom. The summed E-state index contributed by atoms with van der Waals surface area (Å²) >= 11 is 3.27. The molecule has 164 valence electrons. The highest BCUT2D eigenvalue weighted by molar-refractivity contribution is 9.10. The lowest BCUT2D eigenvalue weighted by atomic mass is 10.2. The monoisotopic (exact) mass is 541 g/mol. The lowest BCUT2D eigenvalue weighted by Gasteiger charge is -2.14. The first-order valence-electron chi connectivity index (χ1n) is 7.65. The molecule has 0 fully saturated rings. The number of sulfonamides is 3. The lowest BCUT2D eigenvalue weighted by Crippen LogP contribution is -2.29. The lowest BCUT2D eigenvalue weighted by molar-refractivity contribution is 0.251. The molecular weight excluding hydrogens is 526 g/mol. The number of rotatable bonds is 6. The fourth-order valence-electron chi connectivity index (χ4n) is 2.36. The van der Waals surface area contributed by atoms with E-state index in [-0.39, 0.29) is 6.54 Å². The van der Waals surface area contributed by atoms with Crippen molar-refractivity contribution in [3.63, 3.8) is 0 Å². The maximum Gasteiger partial charge on any atom is 0.319 e. The molecule has 2 rings (SSSR count). The van der Waals surface area contributed by atoms with Gasteiger partial charge in [-0.25, -0.2) is 45.5 Å². The molecule has 0 heterocycles. The van der Waals surface area contributed by atoms with Gasteiger partial charge in [-0.2, -0.15) is 0 Å². The topological polar surface area (TPSA) is 222 Å². The minimum Gasteiger partial charge on any atom is -0.334 e. The van der Waals surface area contributed by atoms with Gasteiger partial charge in [0, 0.05) is 16.7 Å². The summed E-state index contributed by atoms with van der Waals surface area (Å²) in [4.78, 5) is 8.56. The van der Waals surface area contributed by atoms with Gasteiger partial charge < -0.3 is 10.6 Å². The Kier molecular flexibility index (Phi) is 6.92. The predicted molar refractivity (Wildman–Crippen MR) is 111 cm³/mol. The number of hydrogen-bond acceptors (Lipinski definition) is 7. The van der Waals surface area contributed by atoms with Crippen LogP contribution in [0.5, 0.6) is 0 Å². The fraction of sp³-hybridized carbons (Fsp3) is 0.0714. The first-order valence-corrected chi connectivity index (χ1v) is 13.1. The van der Waals surface area contributed by atoms with E-state index in [9.17, 15) is 30.0 Å². The molecule has 0 aliphatic rings. The number of urea groups is 1. The SMILES string of the molecule is NS(=O)(=O)c1cc(NC(=O)NCc2cccc(Br)c2)cc(S(N)(=O)=O)c1S(N)(=O)=O. The number of nitrogens with one attached hydrogen (secondary N) is 2. The van der Waals surface area contributed by atoms with Crippen molar-refractivity contribution in [1.82, 2.24) is 5.32 Å². The number of anilines is 1. The Morgan fingerprint density at radius 2 is 1.40 bits per heavy atom. The van der Waals surface area contributed by atoms with Crippen LogP contribution < -0.4 is 26.1 Å². The Morgan fingerprint density at radius 1 is 0.867 bits per heavy atom. The van der Waals surface area contributed by atoms with Crippen LogP contribution in [0.3, 0.4) is 0 Å². The summed E-state index contributed by atoms with van der Waals surface area (Å²) in [5.41, 5.74) is 0.321. The van der Waals surface area contributed by atoms with E-state index in [1.54, 1.807) is 24.3 Å². The van der Waals surface area contributed by atoms with Crippen molar-refractivity contribution < 1.29 is 30.0 Å². The van der Waals surface area contributed by atoms with E-state index in [0.29, 0.717) is 12.1 Å². The molecule has 8 N–H and O–H groups in total. The average Bonchev–Trinajstić information content (AvgIpc) is 2.57. The van der Waals surface area contributed by atoms with Crippen molar-refractivity contribution in [2.75, 3.05) is 5.32 Å². The minimum absolute atomic E-state index is 0.0740. The van der Waals surface area contributed by atoms with Gasteiger partial charge in [-0.15, -0.1) is 0 Å². The number of nitrogens with two attached hydrogens (primary N) is 3. The largest absolute Gasteiger partial charge is 0.334 e. The van der Waals surface area contributed by atoms with Crippen molar-refractivity contribution in [1.29, 1.82) is 0 Å². The molecule has 0 saturated carbocycles. The van der Waals surface area contributed by atoms with Gasteiger partial charge in [-0.3, -0.25) is 0 Å². The molecule has 16 heteroatoms. The first-order chi connectivity index (χ1) is 13.6. The molecule has 0 radical (unpaired) electrons. The second-order valence-corrected chi connectivity index (χ2v) is 11.3. The smallest absolute Gasteiger partial charge is 0.319 e. The Balaban J connectivity index is 2.47. The number of primary sulfonamides is 3. The zero-order valence-electron chi connectivity index (χ0n) is 14.9. The maximum atomic E-state index is 12.1. The number of carbonyl (C=O) groups is 1. The minimum atomic E-state index is -4.88. The Labute approximate surface area is 181 Å². The molecule has 12 nitrogen and oxygen atoms in total. The van der Waals surface area contributed by atoms with Crippen LogP contribution in [0.4, 0.5) is 10.5 Å². The van der Waals surface area contributed by atoms with Crippen LogP contribution in [0.25, 0.3) is 0 Å². The van der Waals surface area contributed by atoms with Gasteiger partial charge in [0.05, 0.1) is 0 Å². The van der Waals surface area contributed by atoms with Crippen LogP contribution in [-0.2, 0) is 36.6 Å². The second kappa shape index (κ2) is 8.58. The molecular formula is C14H16BrN5O7S3. The van der Waals surface area contributed by atoms with E-state index in [2.05, 4.69) is 26.6 Å². The molecule has 30 heavy (non-hydrogen) atoms. The molecule has 0 aliphatic carbocycles. The van der Waals surface area contributed by atoms with Crippen molar-refractivity contribution >= 4 is 57.7 Å². The molecule has 0 aliphatic heterocycles. The molecule has 0 aromatic heterocycles. The number of amides is 2. The van der Waals surface area contributed by atoms with E-state index in [1.807, 2.05) is 0 Å². The molecule has 0 spiro atoms. The summed E-state index contributed by atoms with van der Waals surface area (Å²) in [6.45, 7) is 0.0740. The summed E-state index contributed by atoms with van der Waals surface area (Å²) in [5.74, 6) is 0. The zero-order valence-corrected chi connectivity index (χ0v) is 18.9. The number of halogens is 1. The van der Waals surface area contributed by atoms with Gasteiger partial charge in [0.1, 0.15) is 14.7 Å². The summed E-state index contributed by atoms with van der Waals surface area (Å²) in [5, 5.41) is 19.6. The van der Waals surface area contributed by atoms with Gasteiger partial charge in [-0.1, -0.05) is 28.1 Å². The van der Waals surface area contributed by atoms with Crippen LogP contribution in [0, 0.1) is 0 Å². The van der Waals surface area contributed by atoms with E-state index in [1.165, 1.54) is 0 Å². The molecule has 2 amide bonds. The zero-order chi connectivity index (χ0) is 22.9. The molecule has 0 bridgehead atoms. The maximum absolute atomic E-state index is 12.1. The Hall–Kier alpha value is -2.08. The predicted octanol–water partition coefficient (Wildman–Crippen LogP) is -0.287. The summed E-state index contributed by atoms with van der Waals surface area (Å²) < 4.78 is 71.8. The van der Waals surface area contributed by atoms with Crippen molar-refractivity contribution in [3.8, 4) is 0 Å². The van der Waals surface area contributed by atoms with Crippen molar-refractivity contribution in [2.45, 2.75) is 21.2 Å². The van der Waals surface area contributed by atoms with Gasteiger partial charge in [0.2, 0.25) is 30.1 Å². The quantitative estimate of drug-likeness (QED) is 0.328. The summed E-state index contributed by atoms with van der Waals surface area (Å²) in [7, 11) is -14.4. The third kappa shape index (κ3) is 6.21. The van der Waals surface area contributed by atoms with Crippen LogP contribution in [0.15, 0.2) is 55.6 Å². The van der Waals surface area contributed by atoms with Crippen molar-refractivity contribution in [2.24, 2.45) is 15.4 Å². The first kappa shape index (κ1) is 24.2. The van der Waals surface area contributed by atoms with Crippen LogP contribution in [-0.4, -0.2) is 31.3 Å². The molecule has 2 aromatic rings. The van der Waals surface area contributed by atoms with Crippen LogP contribution in [0.2, 0.25) is 0 Å². The number of hydrogen-bond donors (Lipinski definition) is 5. The molecule has 0 saturated heterocycles. The van der Waals surface area contributed by atoms with Crippen LogP contribution in [0.1, 0.15) is 5.56 Å². The van der Waals surface area contributed by atoms with E-state index >= 15 is 0 Å². The third-order valence-corrected chi connectivity index (χ3v) is 7.15. The summed E-state index contributed by atoms with van der Waals surface area (Å²) in [6, 6.07) is 7.44. The highest BCUT2D eigenvalue weighted by Gasteiger charge is 2.31. The summed E-state index contributed by atoms with van der Waals surface area (Å²) in [6.07, 6.45) is 0. The van der Waals surface area contributed by atoms with E-state index in [4.69, 9.17) is 15.4 Å². The van der Waals surface area contributed by atoms with Gasteiger partial charge in [0.15, 0.2) is 0 Å². The van der Waals surface area contributed by atoms with Gasteiger partial charge >= 0.3 is 6.03 Å². The van der Waals surface area contributed by atoms with Gasteiger partial charge in [0.25, 0.3) is 0 Å². The number of carbonyl (C=O) groups excluding carboxylic acids is 1. The normalized spacial score (nSPS) is 12.4. The number of benzene rings is 2. The van der Waals surface area contributed by atoms with Crippen molar-refractivity contribution in [3.05, 3.63) is 46.4 Å². The molecule has 2 aromatic carbocycles. The van der Waals surface area contributed by atoms with E-state index < -0.39 is 56.5 Å². The highest BCUT2D eigenvalue weighted by atomic mass is 79.9. The highest BCUT2D eigenvalue weighted by Crippen LogP contribution is 2.30. The second-order valence-electron chi connectivity index (χ2n) is 5.87. The molecule has 0 unspecified atom stereocenters. The molecule has 0 atom stereocenters.